The van der Waals surface area contributed by atoms with Crippen LogP contribution in [0.2, 0.25) is 5.02 Å². The van der Waals surface area contributed by atoms with E-state index in [2.05, 4.69) is 17.2 Å². The van der Waals surface area contributed by atoms with E-state index in [4.69, 9.17) is 21.1 Å². The van der Waals surface area contributed by atoms with Gasteiger partial charge >= 0.3 is 0 Å². The van der Waals surface area contributed by atoms with Crippen molar-refractivity contribution in [1.29, 1.82) is 0 Å². The summed E-state index contributed by atoms with van der Waals surface area (Å²) in [7, 11) is 1.61. The fraction of sp³-hybridized carbons (Fsp3) is 0.250. The number of pyridine rings is 1. The van der Waals surface area contributed by atoms with Crippen molar-refractivity contribution in [1.82, 2.24) is 9.88 Å². The van der Waals surface area contributed by atoms with Gasteiger partial charge in [-0.25, -0.2) is 0 Å². The molecule has 1 unspecified atom stereocenters. The Morgan fingerprint density at radius 2 is 1.90 bits per heavy atom. The molecule has 1 aliphatic rings. The lowest BCUT2D eigenvalue weighted by molar-refractivity contribution is 0.0683. The van der Waals surface area contributed by atoms with Crippen molar-refractivity contribution < 1.29 is 14.3 Å². The van der Waals surface area contributed by atoms with Crippen LogP contribution in [0.5, 0.6) is 11.5 Å². The van der Waals surface area contributed by atoms with Gasteiger partial charge in [-0.05, 0) is 60.0 Å². The normalized spacial score (nSPS) is 15.3. The molecule has 0 saturated heterocycles. The highest BCUT2D eigenvalue weighted by molar-refractivity contribution is 6.31. The molecule has 2 heterocycles. The van der Waals surface area contributed by atoms with Crippen molar-refractivity contribution in [2.75, 3.05) is 19.0 Å². The number of aromatic nitrogens is 1. The number of fused-ring (bicyclic) bond motifs is 1. The maximum absolute atomic E-state index is 13.2. The van der Waals surface area contributed by atoms with Gasteiger partial charge in [0.25, 0.3) is 5.91 Å². The Kier molecular flexibility index (Phi) is 6.28. The Bertz CT molecular complexity index is 1070. The Morgan fingerprint density at radius 1 is 1.10 bits per heavy atom. The second-order valence-corrected chi connectivity index (χ2v) is 7.73. The number of anilines is 1. The van der Waals surface area contributed by atoms with Crippen molar-refractivity contribution >= 4 is 23.2 Å². The molecule has 1 aromatic heterocycles. The molecule has 0 bridgehead atoms. The molecule has 0 saturated carbocycles. The quantitative estimate of drug-likeness (QED) is 0.543. The number of ether oxygens (including phenoxy) is 2. The average molecular weight is 438 g/mol. The van der Waals surface area contributed by atoms with Gasteiger partial charge in [0.05, 0.1) is 18.4 Å². The third-order valence-corrected chi connectivity index (χ3v) is 5.42. The van der Waals surface area contributed by atoms with Crippen LogP contribution in [-0.4, -0.2) is 29.4 Å². The number of methoxy groups -OCH3 is 1. The lowest BCUT2D eigenvalue weighted by Crippen LogP contribution is -2.43. The first-order valence-corrected chi connectivity index (χ1v) is 10.5. The molecule has 160 valence electrons. The van der Waals surface area contributed by atoms with Crippen LogP contribution >= 0.6 is 11.6 Å². The zero-order valence-corrected chi connectivity index (χ0v) is 18.2. The molecule has 1 N–H and O–H groups in total. The number of hydrogen-bond acceptors (Lipinski definition) is 5. The van der Waals surface area contributed by atoms with E-state index < -0.39 is 0 Å². The summed E-state index contributed by atoms with van der Waals surface area (Å²) in [5, 5.41) is 4.05. The lowest BCUT2D eigenvalue weighted by Gasteiger charge is -2.38. The van der Waals surface area contributed by atoms with Crippen LogP contribution in [0.4, 0.5) is 5.69 Å². The van der Waals surface area contributed by atoms with Crippen LogP contribution in [-0.2, 0) is 6.61 Å². The van der Waals surface area contributed by atoms with Crippen LogP contribution in [0.3, 0.4) is 0 Å². The minimum absolute atomic E-state index is 0.0192. The lowest BCUT2D eigenvalue weighted by atomic mass is 10.0. The molecule has 6 nitrogen and oxygen atoms in total. The first kappa shape index (κ1) is 21.0. The summed E-state index contributed by atoms with van der Waals surface area (Å²) in [5.41, 5.74) is 3.27. The number of benzene rings is 2. The van der Waals surface area contributed by atoms with Crippen molar-refractivity contribution in [3.63, 3.8) is 0 Å². The molecule has 1 atom stereocenters. The second-order valence-electron chi connectivity index (χ2n) is 7.29. The molecule has 0 fully saturated rings. The maximum atomic E-state index is 13.2. The summed E-state index contributed by atoms with van der Waals surface area (Å²) in [6.07, 6.45) is 3.98. The predicted octanol–water partition coefficient (Wildman–Crippen LogP) is 5.30. The number of carbonyl (C=O) groups excluding carboxylic acids is 1. The molecule has 2 aromatic carbocycles. The molecule has 0 spiro atoms. The van der Waals surface area contributed by atoms with Gasteiger partial charge in [0.2, 0.25) is 0 Å². The van der Waals surface area contributed by atoms with E-state index in [0.717, 1.165) is 23.2 Å². The summed E-state index contributed by atoms with van der Waals surface area (Å²) in [5.74, 6) is 1.22. The van der Waals surface area contributed by atoms with E-state index in [1.165, 1.54) is 0 Å². The third-order valence-electron chi connectivity index (χ3n) is 5.19. The van der Waals surface area contributed by atoms with Crippen LogP contribution < -0.4 is 14.8 Å². The molecule has 1 aliphatic heterocycles. The Labute approximate surface area is 186 Å². The third kappa shape index (κ3) is 4.44. The molecule has 31 heavy (non-hydrogen) atoms. The number of carbonyl (C=O) groups is 1. The summed E-state index contributed by atoms with van der Waals surface area (Å²) in [4.78, 5) is 19.0. The summed E-state index contributed by atoms with van der Waals surface area (Å²) >= 11 is 6.16. The van der Waals surface area contributed by atoms with E-state index in [0.29, 0.717) is 35.2 Å². The fourth-order valence-electron chi connectivity index (χ4n) is 3.67. The molecule has 1 amide bonds. The standard InChI is InChI=1S/C24H24ClN3O3/c1-3-12-28-23(27-20-14-18(25)5-6-19(20)24(28)29)17-4-7-21(22(13-17)30-2)31-15-16-8-10-26-11-9-16/h4-11,13-14,23,27H,3,12,15H2,1-2H3. The Hall–Kier alpha value is -3.25. The molecular formula is C24H24ClN3O3. The summed E-state index contributed by atoms with van der Waals surface area (Å²) in [6.45, 7) is 3.09. The average Bonchev–Trinajstić information content (AvgIpc) is 2.80. The van der Waals surface area contributed by atoms with Crippen molar-refractivity contribution in [3.05, 3.63) is 82.6 Å². The zero-order valence-electron chi connectivity index (χ0n) is 17.5. The van der Waals surface area contributed by atoms with Crippen molar-refractivity contribution in [3.8, 4) is 11.5 Å². The predicted molar refractivity (Wildman–Crippen MR) is 121 cm³/mol. The van der Waals surface area contributed by atoms with Gasteiger partial charge in [0, 0.05) is 24.0 Å². The summed E-state index contributed by atoms with van der Waals surface area (Å²) < 4.78 is 11.5. The van der Waals surface area contributed by atoms with Gasteiger partial charge in [0.1, 0.15) is 12.8 Å². The highest BCUT2D eigenvalue weighted by Crippen LogP contribution is 2.38. The van der Waals surface area contributed by atoms with Gasteiger partial charge in [-0.3, -0.25) is 9.78 Å². The number of hydrogen-bond donors (Lipinski definition) is 1. The van der Waals surface area contributed by atoms with E-state index in [1.54, 1.807) is 37.7 Å². The first-order valence-electron chi connectivity index (χ1n) is 10.2. The number of halogens is 1. The minimum Gasteiger partial charge on any atom is -0.493 e. The zero-order chi connectivity index (χ0) is 21.8. The van der Waals surface area contributed by atoms with E-state index in [-0.39, 0.29) is 12.1 Å². The second kappa shape index (κ2) is 9.27. The van der Waals surface area contributed by atoms with Gasteiger partial charge in [0.15, 0.2) is 11.5 Å². The summed E-state index contributed by atoms with van der Waals surface area (Å²) in [6, 6.07) is 14.8. The molecule has 0 aliphatic carbocycles. The first-order chi connectivity index (χ1) is 15.1. The van der Waals surface area contributed by atoms with Gasteiger partial charge in [-0.1, -0.05) is 24.6 Å². The van der Waals surface area contributed by atoms with Crippen molar-refractivity contribution in [2.45, 2.75) is 26.1 Å². The number of nitrogens with zero attached hydrogens (tertiary/aromatic N) is 2. The fourth-order valence-corrected chi connectivity index (χ4v) is 3.84. The largest absolute Gasteiger partial charge is 0.493 e. The van der Waals surface area contributed by atoms with E-state index in [9.17, 15) is 4.79 Å². The Balaban J connectivity index is 1.63. The molecule has 3 aromatic rings. The van der Waals surface area contributed by atoms with Gasteiger partial charge in [-0.2, -0.15) is 0 Å². The minimum atomic E-state index is -0.332. The van der Waals surface area contributed by atoms with Crippen LogP contribution in [0.15, 0.2) is 60.9 Å². The highest BCUT2D eigenvalue weighted by Gasteiger charge is 2.33. The smallest absolute Gasteiger partial charge is 0.257 e. The molecule has 4 rings (SSSR count). The molecule has 0 radical (unpaired) electrons. The van der Waals surface area contributed by atoms with E-state index in [1.807, 2.05) is 35.2 Å². The SMILES string of the molecule is CCCN1C(=O)c2ccc(Cl)cc2NC1c1ccc(OCc2ccncc2)c(OC)c1. The van der Waals surface area contributed by atoms with E-state index >= 15 is 0 Å². The number of nitrogens with one attached hydrogen (secondary N) is 1. The monoisotopic (exact) mass is 437 g/mol. The van der Waals surface area contributed by atoms with Gasteiger partial charge in [-0.15, -0.1) is 0 Å². The molecular weight excluding hydrogens is 414 g/mol. The van der Waals surface area contributed by atoms with Crippen LogP contribution in [0.25, 0.3) is 0 Å². The maximum Gasteiger partial charge on any atom is 0.257 e. The van der Waals surface area contributed by atoms with Gasteiger partial charge < -0.3 is 19.7 Å². The van der Waals surface area contributed by atoms with Crippen LogP contribution in [0.1, 0.15) is 41.0 Å². The number of amides is 1. The highest BCUT2D eigenvalue weighted by atomic mass is 35.5. The molecule has 7 heteroatoms. The topological polar surface area (TPSA) is 63.7 Å². The van der Waals surface area contributed by atoms with Crippen molar-refractivity contribution in [2.24, 2.45) is 0 Å². The number of rotatable bonds is 7. The van der Waals surface area contributed by atoms with Crippen LogP contribution in [0, 0.1) is 0 Å². The Morgan fingerprint density at radius 3 is 2.65 bits per heavy atom.